The van der Waals surface area contributed by atoms with Crippen molar-refractivity contribution in [2.75, 3.05) is 0 Å². The van der Waals surface area contributed by atoms with Crippen molar-refractivity contribution in [2.45, 2.75) is 84.5 Å². The third-order valence-corrected chi connectivity index (χ3v) is 5.55. The Kier molecular flexibility index (Phi) is 6.52. The second-order valence-corrected chi connectivity index (χ2v) is 7.41. The first-order valence-corrected chi connectivity index (χ1v) is 9.28. The normalized spacial score (nSPS) is 24.7. The Balaban J connectivity index is 2.21. The molecule has 0 bridgehead atoms. The summed E-state index contributed by atoms with van der Waals surface area (Å²) >= 11 is 0. The summed E-state index contributed by atoms with van der Waals surface area (Å²) in [5.41, 5.74) is 2.22. The first-order chi connectivity index (χ1) is 10.2. The predicted molar refractivity (Wildman–Crippen MR) is 95.0 cm³/mol. The van der Waals surface area contributed by atoms with Crippen molar-refractivity contribution in [2.24, 2.45) is 11.3 Å². The van der Waals surface area contributed by atoms with Gasteiger partial charge >= 0.3 is 132 Å². The topological polar surface area (TPSA) is 0 Å². The zero-order valence-electron chi connectivity index (χ0n) is 14.4. The van der Waals surface area contributed by atoms with Gasteiger partial charge in [0.2, 0.25) is 0 Å². The molecule has 1 heterocycles. The van der Waals surface area contributed by atoms with E-state index in [4.69, 9.17) is 0 Å². The second-order valence-electron chi connectivity index (χ2n) is 7.41. The van der Waals surface area contributed by atoms with E-state index >= 15 is 0 Å². The maximum absolute atomic E-state index is 2.37. The van der Waals surface area contributed by atoms with Gasteiger partial charge in [0.25, 0.3) is 0 Å². The summed E-state index contributed by atoms with van der Waals surface area (Å²) in [5.74, 6) is 3.97. The Bertz CT molecular complexity index is 392. The van der Waals surface area contributed by atoms with Crippen LogP contribution < -0.4 is 0 Å². The number of hydrogen-bond acceptors (Lipinski definition) is 0. The SMILES string of the molecule is CCCC1CC(c2bcccc2)CC(CCC)(CCC)C1. The molecule has 1 heteroatoms. The van der Waals surface area contributed by atoms with E-state index in [2.05, 4.69) is 51.8 Å². The summed E-state index contributed by atoms with van der Waals surface area (Å²) in [5, 5.41) is 0. The van der Waals surface area contributed by atoms with Crippen LogP contribution in [-0.4, -0.2) is 6.91 Å². The molecule has 0 radical (unpaired) electrons. The van der Waals surface area contributed by atoms with Gasteiger partial charge in [0.05, 0.1) is 0 Å². The number of rotatable bonds is 7. The van der Waals surface area contributed by atoms with Crippen LogP contribution in [0, 0.1) is 11.3 Å². The molecule has 0 spiro atoms. The monoisotopic (exact) mass is 284 g/mol. The van der Waals surface area contributed by atoms with E-state index in [9.17, 15) is 0 Å². The van der Waals surface area contributed by atoms with Crippen LogP contribution >= 0.6 is 0 Å². The van der Waals surface area contributed by atoms with E-state index in [1.807, 2.05) is 0 Å². The van der Waals surface area contributed by atoms with Crippen LogP contribution in [0.2, 0.25) is 0 Å². The van der Waals surface area contributed by atoms with E-state index < -0.39 is 0 Å². The fraction of sp³-hybridized carbons (Fsp3) is 0.750. The van der Waals surface area contributed by atoms with E-state index in [0.717, 1.165) is 11.8 Å². The second kappa shape index (κ2) is 8.15. The van der Waals surface area contributed by atoms with Crippen LogP contribution in [0.3, 0.4) is 0 Å². The molecule has 1 aromatic heterocycles. The molecule has 1 aliphatic carbocycles. The van der Waals surface area contributed by atoms with Gasteiger partial charge in [0, 0.05) is 0 Å². The third kappa shape index (κ3) is 4.44. The molecule has 1 aliphatic rings. The molecule has 0 amide bonds. The molecule has 0 nitrogen and oxygen atoms in total. The number of hydrogen-bond donors (Lipinski definition) is 0. The van der Waals surface area contributed by atoms with E-state index in [1.165, 1.54) is 57.8 Å². The zero-order valence-corrected chi connectivity index (χ0v) is 14.4. The van der Waals surface area contributed by atoms with Gasteiger partial charge in [-0.2, -0.15) is 0 Å². The van der Waals surface area contributed by atoms with Crippen molar-refractivity contribution in [3.05, 3.63) is 29.6 Å². The quantitative estimate of drug-likeness (QED) is 0.551. The van der Waals surface area contributed by atoms with Gasteiger partial charge in [-0.05, 0) is 0 Å². The van der Waals surface area contributed by atoms with Crippen molar-refractivity contribution in [3.8, 4) is 0 Å². The zero-order chi connectivity index (χ0) is 15.1. The minimum absolute atomic E-state index is 0.627. The van der Waals surface area contributed by atoms with Crippen LogP contribution in [0.15, 0.2) is 24.2 Å². The van der Waals surface area contributed by atoms with Crippen molar-refractivity contribution in [1.82, 2.24) is 0 Å². The van der Waals surface area contributed by atoms with Crippen LogP contribution in [0.1, 0.15) is 89.9 Å². The molecule has 2 atom stereocenters. The molecule has 116 valence electrons. The summed E-state index contributed by atoms with van der Waals surface area (Å²) in [6, 6.07) is 6.74. The van der Waals surface area contributed by atoms with Gasteiger partial charge in [0.1, 0.15) is 0 Å². The molecule has 2 rings (SSSR count). The Morgan fingerprint density at radius 3 is 2.38 bits per heavy atom. The molecule has 0 saturated heterocycles. The summed E-state index contributed by atoms with van der Waals surface area (Å²) in [4.78, 5) is 0. The average molecular weight is 284 g/mol. The molecule has 0 N–H and O–H groups in total. The van der Waals surface area contributed by atoms with E-state index in [0.29, 0.717) is 5.41 Å². The summed E-state index contributed by atoms with van der Waals surface area (Å²) < 4.78 is 0. The molecule has 1 aromatic rings. The average Bonchev–Trinajstić information content (AvgIpc) is 2.49. The van der Waals surface area contributed by atoms with Crippen molar-refractivity contribution < 1.29 is 0 Å². The van der Waals surface area contributed by atoms with Gasteiger partial charge in [-0.15, -0.1) is 0 Å². The predicted octanol–water partition coefficient (Wildman–Crippen LogP) is 6.30. The maximum atomic E-state index is 2.37. The summed E-state index contributed by atoms with van der Waals surface area (Å²) in [6.45, 7) is 9.46. The van der Waals surface area contributed by atoms with E-state index in [1.54, 1.807) is 5.46 Å². The molecular weight excluding hydrogens is 251 g/mol. The molecule has 0 aliphatic heterocycles. The van der Waals surface area contributed by atoms with Crippen LogP contribution in [-0.2, 0) is 0 Å². The molecule has 0 aromatic carbocycles. The van der Waals surface area contributed by atoms with Crippen LogP contribution in [0.5, 0.6) is 0 Å². The van der Waals surface area contributed by atoms with Crippen LogP contribution in [0.4, 0.5) is 0 Å². The Morgan fingerprint density at radius 2 is 1.81 bits per heavy atom. The van der Waals surface area contributed by atoms with Gasteiger partial charge in [-0.3, -0.25) is 0 Å². The first kappa shape index (κ1) is 16.8. The van der Waals surface area contributed by atoms with Crippen molar-refractivity contribution in [1.29, 1.82) is 0 Å². The van der Waals surface area contributed by atoms with Gasteiger partial charge in [0.15, 0.2) is 0 Å². The summed E-state index contributed by atoms with van der Waals surface area (Å²) in [6.07, 6.45) is 12.7. The molecule has 1 saturated carbocycles. The van der Waals surface area contributed by atoms with Crippen molar-refractivity contribution >= 4 is 6.91 Å². The Labute approximate surface area is 132 Å². The first-order valence-electron chi connectivity index (χ1n) is 9.28. The standard InChI is InChI=1S/C20H33B/c1-4-9-17-14-18(19-10-7-8-13-21-19)16-20(15-17,11-5-2)12-6-3/h7-8,10,13,17-18H,4-6,9,11-12,14-16H2,1-3H3. The Hall–Kier alpha value is -0.585. The molecule has 1 fully saturated rings. The van der Waals surface area contributed by atoms with Crippen LogP contribution in [0.25, 0.3) is 0 Å². The Morgan fingerprint density at radius 1 is 1.05 bits per heavy atom. The fourth-order valence-corrected chi connectivity index (χ4v) is 4.99. The third-order valence-electron chi connectivity index (χ3n) is 5.55. The van der Waals surface area contributed by atoms with Gasteiger partial charge in [-0.25, -0.2) is 0 Å². The molecule has 2 unspecified atom stereocenters. The van der Waals surface area contributed by atoms with Crippen molar-refractivity contribution in [3.63, 3.8) is 0 Å². The minimum atomic E-state index is 0.627. The van der Waals surface area contributed by atoms with Gasteiger partial charge in [-0.1, -0.05) is 0 Å². The molecular formula is C20H33B. The fourth-order valence-electron chi connectivity index (χ4n) is 4.99. The molecule has 21 heavy (non-hydrogen) atoms. The van der Waals surface area contributed by atoms with E-state index in [-0.39, 0.29) is 0 Å². The van der Waals surface area contributed by atoms with Gasteiger partial charge < -0.3 is 0 Å². The summed E-state index contributed by atoms with van der Waals surface area (Å²) in [7, 11) is 0.